The molecule has 0 saturated carbocycles. The van der Waals surface area contributed by atoms with Gasteiger partial charge in [-0.05, 0) is 12.3 Å². The lowest BCUT2D eigenvalue weighted by atomic mass is 10.2. The molecule has 0 aliphatic rings. The maximum absolute atomic E-state index is 10.8. The summed E-state index contributed by atoms with van der Waals surface area (Å²) in [5, 5.41) is 9.16. The molecular weight excluding hydrogens is 182 g/mol. The Morgan fingerprint density at radius 2 is 2.57 bits per heavy atom. The van der Waals surface area contributed by atoms with Gasteiger partial charge in [-0.1, -0.05) is 12.8 Å². The number of hydrogen-bond donors (Lipinski definition) is 3. The third-order valence-corrected chi connectivity index (χ3v) is 1.62. The van der Waals surface area contributed by atoms with Crippen molar-refractivity contribution < 1.29 is 9.90 Å². The second-order valence-electron chi connectivity index (χ2n) is 2.68. The lowest BCUT2D eigenvalue weighted by Crippen LogP contribution is -2.13. The number of amides is 1. The lowest BCUT2D eigenvalue weighted by molar-refractivity contribution is 0.0996. The van der Waals surface area contributed by atoms with Crippen LogP contribution in [0.4, 0.5) is 0 Å². The molecule has 4 N–H and O–H groups in total. The van der Waals surface area contributed by atoms with Gasteiger partial charge in [-0.15, -0.1) is 0 Å². The molecule has 1 rings (SSSR count). The van der Waals surface area contributed by atoms with E-state index in [2.05, 4.69) is 21.8 Å². The number of carbonyl (C=O) groups is 1. The molecule has 1 atom stereocenters. The third kappa shape index (κ3) is 2.34. The number of nitrogens with two attached hydrogens (primary N) is 1. The molecule has 1 aromatic heterocycles. The van der Waals surface area contributed by atoms with E-state index in [9.17, 15) is 4.79 Å². The summed E-state index contributed by atoms with van der Waals surface area (Å²) in [5.74, 6) is 4.53. The number of imidazole rings is 1. The van der Waals surface area contributed by atoms with Crippen molar-refractivity contribution in [2.45, 2.75) is 19.4 Å². The second-order valence-corrected chi connectivity index (χ2v) is 2.68. The van der Waals surface area contributed by atoms with Crippen molar-refractivity contribution in [2.24, 2.45) is 5.73 Å². The van der Waals surface area contributed by atoms with Crippen molar-refractivity contribution in [1.82, 2.24) is 9.97 Å². The molecule has 0 aromatic carbocycles. The first-order valence-corrected chi connectivity index (χ1v) is 4.18. The Balaban J connectivity index is 2.89. The van der Waals surface area contributed by atoms with Crippen LogP contribution >= 0.6 is 0 Å². The van der Waals surface area contributed by atoms with Crippen LogP contribution < -0.4 is 5.73 Å². The van der Waals surface area contributed by atoms with E-state index in [1.54, 1.807) is 6.92 Å². The molecular formula is C9H11N3O2. The number of H-pyrrole nitrogens is 1. The summed E-state index contributed by atoms with van der Waals surface area (Å²) in [7, 11) is 0. The standard InChI is InChI=1S/C9H11N3O2/c1-2-6(13)3-4-7-8(9(10)14)12-5-11-7/h5-6,13H,2H2,1H3,(H2,10,14)(H,11,12). The minimum absolute atomic E-state index is 0.0980. The number of aromatic amines is 1. The summed E-state index contributed by atoms with van der Waals surface area (Å²) in [6, 6.07) is 0. The Labute approximate surface area is 81.3 Å². The highest BCUT2D eigenvalue weighted by Crippen LogP contribution is 1.99. The molecule has 0 aliphatic heterocycles. The Kier molecular flexibility index (Phi) is 3.26. The van der Waals surface area contributed by atoms with Crippen molar-refractivity contribution in [3.63, 3.8) is 0 Å². The fraction of sp³-hybridized carbons (Fsp3) is 0.333. The van der Waals surface area contributed by atoms with Crippen molar-refractivity contribution in [3.05, 3.63) is 17.7 Å². The number of aliphatic hydroxyl groups excluding tert-OH is 1. The summed E-state index contributed by atoms with van der Waals surface area (Å²) in [6.07, 6.45) is 1.18. The molecule has 0 saturated heterocycles. The number of primary amides is 1. The topological polar surface area (TPSA) is 92.0 Å². The maximum Gasteiger partial charge on any atom is 0.270 e. The molecule has 0 spiro atoms. The molecule has 1 amide bonds. The number of rotatable bonds is 2. The van der Waals surface area contributed by atoms with Gasteiger partial charge in [0.1, 0.15) is 11.8 Å². The van der Waals surface area contributed by atoms with E-state index in [1.807, 2.05) is 0 Å². The molecule has 5 nitrogen and oxygen atoms in total. The van der Waals surface area contributed by atoms with Crippen LogP contribution in [-0.2, 0) is 0 Å². The first-order chi connectivity index (χ1) is 6.65. The van der Waals surface area contributed by atoms with Crippen molar-refractivity contribution >= 4 is 5.91 Å². The van der Waals surface area contributed by atoms with Gasteiger partial charge in [-0.3, -0.25) is 4.79 Å². The fourth-order valence-electron chi connectivity index (χ4n) is 0.834. The maximum atomic E-state index is 10.8. The molecule has 74 valence electrons. The third-order valence-electron chi connectivity index (χ3n) is 1.62. The van der Waals surface area contributed by atoms with E-state index in [0.717, 1.165) is 0 Å². The highest BCUT2D eigenvalue weighted by atomic mass is 16.3. The fourth-order valence-corrected chi connectivity index (χ4v) is 0.834. The van der Waals surface area contributed by atoms with Crippen molar-refractivity contribution in [1.29, 1.82) is 0 Å². The Hall–Kier alpha value is -1.80. The van der Waals surface area contributed by atoms with Crippen LogP contribution in [0.1, 0.15) is 29.5 Å². The zero-order valence-electron chi connectivity index (χ0n) is 7.74. The first kappa shape index (κ1) is 10.3. The molecule has 0 fully saturated rings. The Bertz CT molecular complexity index is 386. The van der Waals surface area contributed by atoms with Gasteiger partial charge in [0.25, 0.3) is 5.91 Å². The van der Waals surface area contributed by atoms with Gasteiger partial charge in [-0.25, -0.2) is 4.98 Å². The van der Waals surface area contributed by atoms with E-state index in [-0.39, 0.29) is 5.69 Å². The number of hydrogen-bond acceptors (Lipinski definition) is 3. The predicted octanol–water partition coefficient (Wildman–Crippen LogP) is -0.369. The van der Waals surface area contributed by atoms with E-state index in [0.29, 0.717) is 12.1 Å². The van der Waals surface area contributed by atoms with Crippen LogP contribution in [0.15, 0.2) is 6.33 Å². The van der Waals surface area contributed by atoms with Gasteiger partial charge in [0.2, 0.25) is 0 Å². The van der Waals surface area contributed by atoms with Crippen LogP contribution in [0.3, 0.4) is 0 Å². The summed E-state index contributed by atoms with van der Waals surface area (Å²) < 4.78 is 0. The first-order valence-electron chi connectivity index (χ1n) is 4.18. The zero-order valence-corrected chi connectivity index (χ0v) is 7.74. The van der Waals surface area contributed by atoms with E-state index < -0.39 is 12.0 Å². The number of nitrogens with zero attached hydrogens (tertiary/aromatic N) is 1. The molecule has 1 aromatic rings. The number of nitrogens with one attached hydrogen (secondary N) is 1. The lowest BCUT2D eigenvalue weighted by Gasteiger charge is -1.94. The highest BCUT2D eigenvalue weighted by molar-refractivity contribution is 5.92. The zero-order chi connectivity index (χ0) is 10.6. The molecule has 0 aliphatic carbocycles. The van der Waals surface area contributed by atoms with Gasteiger partial charge in [0.05, 0.1) is 6.33 Å². The van der Waals surface area contributed by atoms with E-state index in [4.69, 9.17) is 10.8 Å². The van der Waals surface area contributed by atoms with Crippen LogP contribution in [0.25, 0.3) is 0 Å². The normalized spacial score (nSPS) is 11.6. The number of aliphatic hydroxyl groups is 1. The summed E-state index contributed by atoms with van der Waals surface area (Å²) in [4.78, 5) is 17.2. The SMILES string of the molecule is CCC(O)C#Cc1[nH]cnc1C(N)=O. The van der Waals surface area contributed by atoms with Gasteiger partial charge < -0.3 is 15.8 Å². The minimum Gasteiger partial charge on any atom is -0.380 e. The monoisotopic (exact) mass is 193 g/mol. The second kappa shape index (κ2) is 4.44. The van der Waals surface area contributed by atoms with Crippen LogP contribution in [0.2, 0.25) is 0 Å². The average Bonchev–Trinajstić information content (AvgIpc) is 2.62. The summed E-state index contributed by atoms with van der Waals surface area (Å²) in [5.41, 5.74) is 5.48. The Morgan fingerprint density at radius 3 is 3.14 bits per heavy atom. The van der Waals surface area contributed by atoms with Crippen molar-refractivity contribution in [2.75, 3.05) is 0 Å². The van der Waals surface area contributed by atoms with E-state index in [1.165, 1.54) is 6.33 Å². The smallest absolute Gasteiger partial charge is 0.270 e. The highest BCUT2D eigenvalue weighted by Gasteiger charge is 2.08. The van der Waals surface area contributed by atoms with Gasteiger partial charge in [-0.2, -0.15) is 0 Å². The van der Waals surface area contributed by atoms with E-state index >= 15 is 0 Å². The predicted molar refractivity (Wildman–Crippen MR) is 50.3 cm³/mol. The van der Waals surface area contributed by atoms with Crippen molar-refractivity contribution in [3.8, 4) is 11.8 Å². The quantitative estimate of drug-likeness (QED) is 0.559. The molecule has 14 heavy (non-hydrogen) atoms. The van der Waals surface area contributed by atoms with Gasteiger partial charge in [0.15, 0.2) is 5.69 Å². The molecule has 0 radical (unpaired) electrons. The van der Waals surface area contributed by atoms with Gasteiger partial charge in [0, 0.05) is 0 Å². The Morgan fingerprint density at radius 1 is 1.86 bits per heavy atom. The summed E-state index contributed by atoms with van der Waals surface area (Å²) >= 11 is 0. The van der Waals surface area contributed by atoms with Crippen LogP contribution in [0, 0.1) is 11.8 Å². The number of aromatic nitrogens is 2. The van der Waals surface area contributed by atoms with Gasteiger partial charge >= 0.3 is 0 Å². The molecule has 5 heteroatoms. The largest absolute Gasteiger partial charge is 0.380 e. The summed E-state index contributed by atoms with van der Waals surface area (Å²) in [6.45, 7) is 1.81. The molecule has 0 bridgehead atoms. The number of carbonyl (C=O) groups excluding carboxylic acids is 1. The van der Waals surface area contributed by atoms with Crippen LogP contribution in [-0.4, -0.2) is 27.1 Å². The molecule has 1 unspecified atom stereocenters. The molecule has 1 heterocycles. The average molecular weight is 193 g/mol. The van der Waals surface area contributed by atoms with Crippen LogP contribution in [0.5, 0.6) is 0 Å². The minimum atomic E-state index is -0.695.